The van der Waals surface area contributed by atoms with Crippen molar-refractivity contribution in [3.05, 3.63) is 17.8 Å². The summed E-state index contributed by atoms with van der Waals surface area (Å²) in [6.07, 6.45) is 3.39. The molecule has 6 nitrogen and oxygen atoms in total. The standard InChI is InChI=1S/C17H32N4O2/c1-6-21(7-2)10-8-9-13(5)19-16(22)14-11-23-17(20-14)15(18)12(3)4/h11-13,15H,6-10,18H2,1-5H3,(H,19,22). The predicted octanol–water partition coefficient (Wildman–Crippen LogP) is 2.57. The molecule has 0 radical (unpaired) electrons. The Labute approximate surface area is 139 Å². The molecule has 0 saturated heterocycles. The summed E-state index contributed by atoms with van der Waals surface area (Å²) in [7, 11) is 0. The van der Waals surface area contributed by atoms with Crippen LogP contribution in [0.5, 0.6) is 0 Å². The van der Waals surface area contributed by atoms with Crippen LogP contribution in [0.3, 0.4) is 0 Å². The maximum absolute atomic E-state index is 12.2. The fourth-order valence-electron chi connectivity index (χ4n) is 2.36. The first-order chi connectivity index (χ1) is 10.9. The second-order valence-corrected chi connectivity index (χ2v) is 6.38. The number of nitrogens with two attached hydrogens (primary N) is 1. The van der Waals surface area contributed by atoms with Crippen molar-refractivity contribution < 1.29 is 9.21 Å². The van der Waals surface area contributed by atoms with Crippen molar-refractivity contribution >= 4 is 5.91 Å². The molecule has 1 aromatic rings. The van der Waals surface area contributed by atoms with Crippen LogP contribution in [0.4, 0.5) is 0 Å². The maximum atomic E-state index is 12.2. The summed E-state index contributed by atoms with van der Waals surface area (Å²) in [5, 5.41) is 2.97. The van der Waals surface area contributed by atoms with E-state index in [9.17, 15) is 4.79 Å². The summed E-state index contributed by atoms with van der Waals surface area (Å²) < 4.78 is 5.33. The van der Waals surface area contributed by atoms with E-state index in [4.69, 9.17) is 10.2 Å². The van der Waals surface area contributed by atoms with Gasteiger partial charge in [-0.1, -0.05) is 27.7 Å². The van der Waals surface area contributed by atoms with Crippen molar-refractivity contribution in [3.63, 3.8) is 0 Å². The Bertz CT molecular complexity index is 469. The lowest BCUT2D eigenvalue weighted by Crippen LogP contribution is -2.34. The number of nitrogens with one attached hydrogen (secondary N) is 1. The molecule has 2 unspecified atom stereocenters. The van der Waals surface area contributed by atoms with E-state index in [-0.39, 0.29) is 23.9 Å². The Balaban J connectivity index is 2.43. The van der Waals surface area contributed by atoms with Gasteiger partial charge in [-0.05, 0) is 45.3 Å². The molecule has 1 heterocycles. The van der Waals surface area contributed by atoms with Crippen molar-refractivity contribution in [2.24, 2.45) is 11.7 Å². The van der Waals surface area contributed by atoms with E-state index < -0.39 is 0 Å². The van der Waals surface area contributed by atoms with Gasteiger partial charge in [-0.15, -0.1) is 0 Å². The number of hydrogen-bond donors (Lipinski definition) is 2. The highest BCUT2D eigenvalue weighted by molar-refractivity contribution is 5.92. The van der Waals surface area contributed by atoms with E-state index in [1.165, 1.54) is 6.26 Å². The van der Waals surface area contributed by atoms with Gasteiger partial charge in [0.05, 0.1) is 6.04 Å². The molecule has 132 valence electrons. The first kappa shape index (κ1) is 19.6. The van der Waals surface area contributed by atoms with Crippen LogP contribution in [0.1, 0.15) is 69.9 Å². The first-order valence-electron chi connectivity index (χ1n) is 8.63. The van der Waals surface area contributed by atoms with E-state index in [0.29, 0.717) is 11.6 Å². The summed E-state index contributed by atoms with van der Waals surface area (Å²) in [6.45, 7) is 13.5. The third-order valence-electron chi connectivity index (χ3n) is 4.14. The Hall–Kier alpha value is -1.40. The summed E-state index contributed by atoms with van der Waals surface area (Å²) in [5.41, 5.74) is 6.28. The molecule has 1 amide bonds. The van der Waals surface area contributed by atoms with E-state index >= 15 is 0 Å². The van der Waals surface area contributed by atoms with Crippen LogP contribution in [0, 0.1) is 5.92 Å². The van der Waals surface area contributed by atoms with E-state index in [1.807, 2.05) is 20.8 Å². The Morgan fingerprint density at radius 3 is 2.57 bits per heavy atom. The third-order valence-corrected chi connectivity index (χ3v) is 4.14. The highest BCUT2D eigenvalue weighted by Gasteiger charge is 2.20. The maximum Gasteiger partial charge on any atom is 0.273 e. The van der Waals surface area contributed by atoms with Crippen molar-refractivity contribution in [1.29, 1.82) is 0 Å². The van der Waals surface area contributed by atoms with Crippen molar-refractivity contribution in [2.75, 3.05) is 19.6 Å². The monoisotopic (exact) mass is 324 g/mol. The molecule has 0 aromatic carbocycles. The topological polar surface area (TPSA) is 84.4 Å². The second kappa shape index (κ2) is 9.67. The molecule has 23 heavy (non-hydrogen) atoms. The van der Waals surface area contributed by atoms with Gasteiger partial charge in [0.15, 0.2) is 5.69 Å². The van der Waals surface area contributed by atoms with Gasteiger partial charge in [0.2, 0.25) is 5.89 Å². The van der Waals surface area contributed by atoms with Gasteiger partial charge < -0.3 is 20.4 Å². The van der Waals surface area contributed by atoms with Crippen LogP contribution < -0.4 is 11.1 Å². The Morgan fingerprint density at radius 2 is 2.00 bits per heavy atom. The van der Waals surface area contributed by atoms with Gasteiger partial charge in [0, 0.05) is 6.04 Å². The molecule has 0 aliphatic heterocycles. The summed E-state index contributed by atoms with van der Waals surface area (Å²) >= 11 is 0. The van der Waals surface area contributed by atoms with Crippen molar-refractivity contribution in [2.45, 2.75) is 59.5 Å². The fourth-order valence-corrected chi connectivity index (χ4v) is 2.36. The van der Waals surface area contributed by atoms with Gasteiger partial charge in [0.25, 0.3) is 5.91 Å². The molecular formula is C17H32N4O2. The minimum absolute atomic E-state index is 0.108. The van der Waals surface area contributed by atoms with Crippen molar-refractivity contribution in [3.8, 4) is 0 Å². The van der Waals surface area contributed by atoms with E-state index in [1.54, 1.807) is 0 Å². The molecule has 0 saturated carbocycles. The van der Waals surface area contributed by atoms with Gasteiger partial charge >= 0.3 is 0 Å². The van der Waals surface area contributed by atoms with Crippen LogP contribution in [-0.4, -0.2) is 41.5 Å². The van der Waals surface area contributed by atoms with Crippen LogP contribution in [-0.2, 0) is 0 Å². The molecule has 0 spiro atoms. The summed E-state index contributed by atoms with van der Waals surface area (Å²) in [6, 6.07) is -0.181. The Kier molecular flexibility index (Phi) is 8.26. The molecule has 6 heteroatoms. The molecule has 0 aliphatic rings. The average molecular weight is 324 g/mol. The number of rotatable bonds is 10. The quantitative estimate of drug-likeness (QED) is 0.691. The van der Waals surface area contributed by atoms with Gasteiger partial charge in [0.1, 0.15) is 6.26 Å². The van der Waals surface area contributed by atoms with Crippen molar-refractivity contribution in [1.82, 2.24) is 15.2 Å². The highest BCUT2D eigenvalue weighted by Crippen LogP contribution is 2.18. The minimum Gasteiger partial charge on any atom is -0.446 e. The van der Waals surface area contributed by atoms with Gasteiger partial charge in [-0.2, -0.15) is 0 Å². The summed E-state index contributed by atoms with van der Waals surface area (Å²) in [5.74, 6) is 0.425. The lowest BCUT2D eigenvalue weighted by molar-refractivity contribution is 0.0932. The zero-order valence-corrected chi connectivity index (χ0v) is 15.1. The lowest BCUT2D eigenvalue weighted by Gasteiger charge is -2.19. The third kappa shape index (κ3) is 6.31. The second-order valence-electron chi connectivity index (χ2n) is 6.38. The zero-order valence-electron chi connectivity index (χ0n) is 15.1. The zero-order chi connectivity index (χ0) is 17.4. The van der Waals surface area contributed by atoms with Gasteiger partial charge in [-0.3, -0.25) is 4.79 Å². The number of hydrogen-bond acceptors (Lipinski definition) is 5. The molecule has 1 aromatic heterocycles. The van der Waals surface area contributed by atoms with Gasteiger partial charge in [-0.25, -0.2) is 4.98 Å². The molecule has 3 N–H and O–H groups in total. The number of oxazole rings is 1. The van der Waals surface area contributed by atoms with Crippen LogP contribution in [0.15, 0.2) is 10.7 Å². The minimum atomic E-state index is -0.289. The molecular weight excluding hydrogens is 292 g/mol. The number of carbonyl (C=O) groups excluding carboxylic acids is 1. The Morgan fingerprint density at radius 1 is 1.35 bits per heavy atom. The average Bonchev–Trinajstić information content (AvgIpc) is 3.00. The molecule has 2 atom stereocenters. The molecule has 0 fully saturated rings. The molecule has 0 aliphatic carbocycles. The predicted molar refractivity (Wildman–Crippen MR) is 92.2 cm³/mol. The van der Waals surface area contributed by atoms with Crippen LogP contribution in [0.25, 0.3) is 0 Å². The molecule has 1 rings (SSSR count). The number of nitrogens with zero attached hydrogens (tertiary/aromatic N) is 2. The number of aromatic nitrogens is 1. The van der Waals surface area contributed by atoms with E-state index in [2.05, 4.69) is 29.0 Å². The normalized spacial score (nSPS) is 14.3. The lowest BCUT2D eigenvalue weighted by atomic mass is 10.1. The fraction of sp³-hybridized carbons (Fsp3) is 0.765. The summed E-state index contributed by atoms with van der Waals surface area (Å²) in [4.78, 5) is 18.8. The van der Waals surface area contributed by atoms with Crippen LogP contribution >= 0.6 is 0 Å². The smallest absolute Gasteiger partial charge is 0.273 e. The highest BCUT2D eigenvalue weighted by atomic mass is 16.3. The van der Waals surface area contributed by atoms with Crippen LogP contribution in [0.2, 0.25) is 0 Å². The largest absolute Gasteiger partial charge is 0.446 e. The SMILES string of the molecule is CCN(CC)CCCC(C)NC(=O)c1coc(C(N)C(C)C)n1. The number of amides is 1. The van der Waals surface area contributed by atoms with E-state index in [0.717, 1.165) is 32.5 Å². The molecule has 0 bridgehead atoms. The first-order valence-corrected chi connectivity index (χ1v) is 8.63. The number of carbonyl (C=O) groups is 1.